The molecule has 10 aromatic carbocycles. The van der Waals surface area contributed by atoms with Crippen molar-refractivity contribution in [2.45, 2.75) is 10.8 Å². The Morgan fingerprint density at radius 2 is 0.708 bits per heavy atom. The van der Waals surface area contributed by atoms with Crippen LogP contribution < -0.4 is 14.4 Å². The molecule has 65 heavy (non-hydrogen) atoms. The molecular formula is C62H41NO2. The van der Waals surface area contributed by atoms with Crippen LogP contribution in [0.5, 0.6) is 23.0 Å². The summed E-state index contributed by atoms with van der Waals surface area (Å²) in [5.74, 6) is 2.91. The average Bonchev–Trinajstić information content (AvgIpc) is 3.86. The van der Waals surface area contributed by atoms with Gasteiger partial charge in [-0.05, 0) is 122 Å². The number of hydrogen-bond acceptors (Lipinski definition) is 3. The Balaban J connectivity index is 1.04. The molecule has 3 heteroatoms. The molecule has 3 nitrogen and oxygen atoms in total. The number of rotatable bonds is 7. The molecular weight excluding hydrogens is 791 g/mol. The van der Waals surface area contributed by atoms with Crippen molar-refractivity contribution in [3.63, 3.8) is 0 Å². The third-order valence-electron chi connectivity index (χ3n) is 13.9. The second kappa shape index (κ2) is 14.6. The zero-order chi connectivity index (χ0) is 43.0. The molecule has 306 valence electrons. The number of fused-ring (bicyclic) bond motifs is 9. The largest absolute Gasteiger partial charge is 0.449 e. The van der Waals surface area contributed by atoms with Crippen molar-refractivity contribution in [1.82, 2.24) is 0 Å². The van der Waals surface area contributed by atoms with Crippen LogP contribution in [0.2, 0.25) is 0 Å². The summed E-state index contributed by atoms with van der Waals surface area (Å²) in [7, 11) is 0. The third kappa shape index (κ3) is 5.36. The summed E-state index contributed by atoms with van der Waals surface area (Å²) in [6, 6.07) is 90.0. The first-order valence-corrected chi connectivity index (χ1v) is 22.3. The lowest BCUT2D eigenvalue weighted by Crippen LogP contribution is -2.30. The zero-order valence-electron chi connectivity index (χ0n) is 35.4. The molecule has 0 bridgehead atoms. The quantitative estimate of drug-likeness (QED) is 0.160. The minimum absolute atomic E-state index is 0.586. The van der Waals surface area contributed by atoms with Crippen LogP contribution in [-0.2, 0) is 10.8 Å². The van der Waals surface area contributed by atoms with Gasteiger partial charge in [-0.2, -0.15) is 0 Å². The molecule has 13 rings (SSSR count). The first-order chi connectivity index (χ1) is 32.2. The van der Waals surface area contributed by atoms with E-state index in [1.807, 2.05) is 24.3 Å². The Bertz CT molecular complexity index is 3380. The third-order valence-corrected chi connectivity index (χ3v) is 13.9. The van der Waals surface area contributed by atoms with Crippen LogP contribution in [0.15, 0.2) is 249 Å². The van der Waals surface area contributed by atoms with Crippen molar-refractivity contribution in [3.05, 3.63) is 293 Å². The molecule has 1 heterocycles. The van der Waals surface area contributed by atoms with Crippen LogP contribution in [0, 0.1) is 0 Å². The molecule has 1 aliphatic heterocycles. The predicted octanol–water partition coefficient (Wildman–Crippen LogP) is 15.8. The lowest BCUT2D eigenvalue weighted by atomic mass is 9.65. The van der Waals surface area contributed by atoms with Gasteiger partial charge in [-0.25, -0.2) is 0 Å². The van der Waals surface area contributed by atoms with Gasteiger partial charge in [0.05, 0.1) is 10.8 Å². The highest BCUT2D eigenvalue weighted by atomic mass is 16.6. The van der Waals surface area contributed by atoms with Crippen molar-refractivity contribution < 1.29 is 9.47 Å². The fraction of sp³-hybridized carbons (Fsp3) is 0.0323. The summed E-state index contributed by atoms with van der Waals surface area (Å²) in [6.45, 7) is 0. The van der Waals surface area contributed by atoms with E-state index in [1.54, 1.807) is 0 Å². The minimum Gasteiger partial charge on any atom is -0.449 e. The number of para-hydroxylation sites is 4. The Morgan fingerprint density at radius 3 is 1.34 bits per heavy atom. The molecule has 0 spiro atoms. The number of anilines is 3. The molecule has 0 fully saturated rings. The van der Waals surface area contributed by atoms with Gasteiger partial charge in [0.25, 0.3) is 0 Å². The molecule has 0 radical (unpaired) electrons. The second-order valence-corrected chi connectivity index (χ2v) is 17.1. The van der Waals surface area contributed by atoms with E-state index in [9.17, 15) is 0 Å². The maximum Gasteiger partial charge on any atom is 0.178 e. The Hall–Kier alpha value is -8.40. The average molecular weight is 832 g/mol. The number of benzene rings is 10. The number of hydrogen-bond donors (Lipinski definition) is 0. The van der Waals surface area contributed by atoms with E-state index in [1.165, 1.54) is 55.6 Å². The standard InChI is InChI=1S/C62H41NO2/c1-5-19-42(20-6-1)61(44-33-36-48(37-34-44)63(46-23-9-3-10-24-46)47-25-11-4-12-26-47)52-29-15-13-27-49(52)51-41-45(35-38-54(51)61)62(43-21-7-2-8-22-43)53-30-16-14-28-50(53)59-55(62)39-40-58-60(59)65-57-32-18-17-31-56(57)64-58/h1-41H. The normalized spacial score (nSPS) is 17.0. The van der Waals surface area contributed by atoms with E-state index in [-0.39, 0.29) is 0 Å². The smallest absolute Gasteiger partial charge is 0.178 e. The van der Waals surface area contributed by atoms with Gasteiger partial charge < -0.3 is 14.4 Å². The summed E-state index contributed by atoms with van der Waals surface area (Å²) >= 11 is 0. The van der Waals surface area contributed by atoms with E-state index in [0.29, 0.717) is 0 Å². The zero-order valence-corrected chi connectivity index (χ0v) is 35.4. The van der Waals surface area contributed by atoms with Crippen LogP contribution in [0.1, 0.15) is 44.5 Å². The molecule has 2 unspecified atom stereocenters. The topological polar surface area (TPSA) is 21.7 Å². The van der Waals surface area contributed by atoms with Gasteiger partial charge in [0.15, 0.2) is 23.0 Å². The maximum absolute atomic E-state index is 6.83. The van der Waals surface area contributed by atoms with Crippen molar-refractivity contribution in [1.29, 1.82) is 0 Å². The van der Waals surface area contributed by atoms with Crippen molar-refractivity contribution in [2.24, 2.45) is 0 Å². The summed E-state index contributed by atoms with van der Waals surface area (Å²) in [4.78, 5) is 2.33. The van der Waals surface area contributed by atoms with Gasteiger partial charge in [0.2, 0.25) is 0 Å². The summed E-state index contributed by atoms with van der Waals surface area (Å²) in [6.07, 6.45) is 0. The molecule has 3 aliphatic rings. The van der Waals surface area contributed by atoms with Crippen molar-refractivity contribution in [2.75, 3.05) is 4.90 Å². The van der Waals surface area contributed by atoms with Gasteiger partial charge in [0, 0.05) is 22.6 Å². The summed E-state index contributed by atoms with van der Waals surface area (Å²) in [5, 5.41) is 0. The lowest BCUT2D eigenvalue weighted by Gasteiger charge is -2.36. The summed E-state index contributed by atoms with van der Waals surface area (Å²) < 4.78 is 13.4. The highest BCUT2D eigenvalue weighted by Gasteiger charge is 2.51. The van der Waals surface area contributed by atoms with Crippen molar-refractivity contribution in [3.8, 4) is 45.3 Å². The van der Waals surface area contributed by atoms with E-state index in [2.05, 4.69) is 229 Å². The molecule has 0 aromatic heterocycles. The molecule has 2 aliphatic carbocycles. The van der Waals surface area contributed by atoms with Gasteiger partial charge in [0.1, 0.15) is 0 Å². The highest BCUT2D eigenvalue weighted by Crippen LogP contribution is 2.64. The molecule has 0 N–H and O–H groups in total. The van der Waals surface area contributed by atoms with Crippen LogP contribution in [-0.4, -0.2) is 0 Å². The minimum atomic E-state index is -0.662. The van der Waals surface area contributed by atoms with Crippen LogP contribution in [0.4, 0.5) is 17.1 Å². The highest BCUT2D eigenvalue weighted by molar-refractivity contribution is 5.94. The number of ether oxygens (including phenoxy) is 2. The van der Waals surface area contributed by atoms with E-state index in [4.69, 9.17) is 9.47 Å². The van der Waals surface area contributed by atoms with E-state index in [0.717, 1.165) is 51.2 Å². The fourth-order valence-corrected chi connectivity index (χ4v) is 11.3. The summed E-state index contributed by atoms with van der Waals surface area (Å²) in [5.41, 5.74) is 16.5. The number of nitrogens with zero attached hydrogens (tertiary/aromatic N) is 1. The maximum atomic E-state index is 6.83. The first kappa shape index (κ1) is 37.2. The fourth-order valence-electron chi connectivity index (χ4n) is 11.3. The molecule has 2 atom stereocenters. The molecule has 0 saturated carbocycles. The Kier molecular flexibility index (Phi) is 8.34. The lowest BCUT2D eigenvalue weighted by molar-refractivity contribution is 0.360. The molecule has 10 aromatic rings. The van der Waals surface area contributed by atoms with E-state index < -0.39 is 10.8 Å². The van der Waals surface area contributed by atoms with E-state index >= 15 is 0 Å². The first-order valence-electron chi connectivity index (χ1n) is 22.3. The second-order valence-electron chi connectivity index (χ2n) is 17.1. The van der Waals surface area contributed by atoms with Gasteiger partial charge in [-0.15, -0.1) is 0 Å². The van der Waals surface area contributed by atoms with Crippen LogP contribution in [0.3, 0.4) is 0 Å². The molecule has 0 amide bonds. The van der Waals surface area contributed by atoms with Gasteiger partial charge in [-0.1, -0.05) is 188 Å². The van der Waals surface area contributed by atoms with Crippen LogP contribution in [0.25, 0.3) is 22.3 Å². The Labute approximate surface area is 379 Å². The van der Waals surface area contributed by atoms with Gasteiger partial charge in [-0.3, -0.25) is 0 Å². The SMILES string of the molecule is c1ccc(N(c2ccccc2)c2ccc(C3(c4ccccc4)c4ccccc4-c4cc(C5(c6ccccc6)c6ccccc6-c6c5ccc5c6Oc6ccccc6O5)ccc43)cc2)cc1. The Morgan fingerprint density at radius 1 is 0.277 bits per heavy atom. The monoisotopic (exact) mass is 831 g/mol. The molecule has 0 saturated heterocycles. The van der Waals surface area contributed by atoms with Gasteiger partial charge >= 0.3 is 0 Å². The van der Waals surface area contributed by atoms with Crippen LogP contribution >= 0.6 is 0 Å². The van der Waals surface area contributed by atoms with Crippen molar-refractivity contribution >= 4 is 17.1 Å². The predicted molar refractivity (Wildman–Crippen MR) is 262 cm³/mol.